The van der Waals surface area contributed by atoms with Gasteiger partial charge in [0.15, 0.2) is 0 Å². The van der Waals surface area contributed by atoms with Crippen molar-refractivity contribution >= 4 is 17.5 Å². The summed E-state index contributed by atoms with van der Waals surface area (Å²) in [6.07, 6.45) is 0.950. The van der Waals surface area contributed by atoms with Crippen molar-refractivity contribution in [2.45, 2.75) is 33.6 Å². The maximum Gasteiger partial charge on any atom is 0.225 e. The second-order valence-corrected chi connectivity index (χ2v) is 5.86. The minimum atomic E-state index is -0.403. The summed E-state index contributed by atoms with van der Waals surface area (Å²) in [5.41, 5.74) is 0.253. The zero-order valence-corrected chi connectivity index (χ0v) is 13.2. The Morgan fingerprint density at radius 2 is 1.86 bits per heavy atom. The van der Waals surface area contributed by atoms with Crippen LogP contribution in [0.4, 0.5) is 5.69 Å². The molecule has 2 amide bonds. The van der Waals surface area contributed by atoms with E-state index in [1.165, 1.54) is 0 Å². The number of amides is 2. The Hall–Kier alpha value is -2.04. The van der Waals surface area contributed by atoms with Crippen molar-refractivity contribution in [1.29, 1.82) is 0 Å². The van der Waals surface area contributed by atoms with Crippen LogP contribution in [0, 0.1) is 5.41 Å². The van der Waals surface area contributed by atoms with Gasteiger partial charge in [-0.25, -0.2) is 0 Å². The molecular weight excluding hydrogens is 268 g/mol. The van der Waals surface area contributed by atoms with Gasteiger partial charge >= 0.3 is 0 Å². The Kier molecular flexibility index (Phi) is 6.21. The molecule has 0 aromatic heterocycles. The molecule has 0 radical (unpaired) electrons. The first-order valence-electron chi connectivity index (χ1n) is 7.06. The first-order valence-corrected chi connectivity index (χ1v) is 7.06. The van der Waals surface area contributed by atoms with Crippen LogP contribution in [0.25, 0.3) is 0 Å². The lowest BCUT2D eigenvalue weighted by molar-refractivity contribution is -0.128. The number of carbonyl (C=O) groups is 2. The quantitative estimate of drug-likeness (QED) is 0.792. The summed E-state index contributed by atoms with van der Waals surface area (Å²) in [5.74, 6) is 0.532. The van der Waals surface area contributed by atoms with Crippen molar-refractivity contribution in [2.75, 3.05) is 19.0 Å². The summed E-state index contributed by atoms with van der Waals surface area (Å²) in [7, 11) is 1.56. The molecule has 0 saturated carbocycles. The van der Waals surface area contributed by atoms with Crippen LogP contribution in [0.2, 0.25) is 0 Å². The number of carbonyl (C=O) groups excluding carboxylic acids is 2. The lowest BCUT2D eigenvalue weighted by Crippen LogP contribution is -2.35. The molecule has 1 aromatic rings. The van der Waals surface area contributed by atoms with E-state index >= 15 is 0 Å². The molecule has 2 N–H and O–H groups in total. The summed E-state index contributed by atoms with van der Waals surface area (Å²) in [6, 6.07) is 7.26. The number of hydrogen-bond donors (Lipinski definition) is 2. The van der Waals surface area contributed by atoms with Gasteiger partial charge in [-0.3, -0.25) is 9.59 Å². The van der Waals surface area contributed by atoms with E-state index in [0.717, 1.165) is 0 Å². The van der Waals surface area contributed by atoms with E-state index in [9.17, 15) is 9.59 Å². The van der Waals surface area contributed by atoms with Crippen molar-refractivity contribution < 1.29 is 14.3 Å². The smallest absolute Gasteiger partial charge is 0.225 e. The Morgan fingerprint density at radius 3 is 2.48 bits per heavy atom. The molecule has 0 aliphatic heterocycles. The van der Waals surface area contributed by atoms with Crippen molar-refractivity contribution in [3.8, 4) is 5.75 Å². The molecule has 0 fully saturated rings. The number of hydrogen-bond acceptors (Lipinski definition) is 3. The fourth-order valence-electron chi connectivity index (χ4n) is 1.68. The second-order valence-electron chi connectivity index (χ2n) is 5.86. The molecular formula is C16H24N2O3. The number of nitrogens with one attached hydrogen (secondary N) is 2. The molecule has 0 unspecified atom stereocenters. The van der Waals surface area contributed by atoms with E-state index in [1.807, 2.05) is 32.9 Å². The average molecular weight is 292 g/mol. The molecule has 0 bridgehead atoms. The van der Waals surface area contributed by atoms with Gasteiger partial charge in [-0.2, -0.15) is 0 Å². The van der Waals surface area contributed by atoms with Gasteiger partial charge in [0.1, 0.15) is 5.75 Å². The third-order valence-corrected chi connectivity index (χ3v) is 2.93. The highest BCUT2D eigenvalue weighted by molar-refractivity contribution is 5.92. The van der Waals surface area contributed by atoms with Crippen LogP contribution in [0.1, 0.15) is 33.6 Å². The van der Waals surface area contributed by atoms with Gasteiger partial charge in [-0.1, -0.05) is 32.9 Å². The minimum Gasteiger partial charge on any atom is -0.495 e. The summed E-state index contributed by atoms with van der Waals surface area (Å²) >= 11 is 0. The third kappa shape index (κ3) is 5.85. The molecule has 1 aromatic carbocycles. The summed E-state index contributed by atoms with van der Waals surface area (Å²) in [6.45, 7) is 6.07. The van der Waals surface area contributed by atoms with Gasteiger partial charge in [0.25, 0.3) is 0 Å². The van der Waals surface area contributed by atoms with Gasteiger partial charge in [0, 0.05) is 18.4 Å². The van der Waals surface area contributed by atoms with Crippen LogP contribution in [0.5, 0.6) is 5.75 Å². The summed E-state index contributed by atoms with van der Waals surface area (Å²) < 4.78 is 5.17. The third-order valence-electron chi connectivity index (χ3n) is 2.93. The highest BCUT2D eigenvalue weighted by Gasteiger charge is 2.20. The van der Waals surface area contributed by atoms with Crippen LogP contribution in [-0.4, -0.2) is 25.5 Å². The Morgan fingerprint density at radius 1 is 1.19 bits per heavy atom. The molecule has 21 heavy (non-hydrogen) atoms. The molecule has 0 spiro atoms. The Labute approximate surface area is 126 Å². The monoisotopic (exact) mass is 292 g/mol. The first-order chi connectivity index (χ1) is 9.84. The molecule has 0 aliphatic carbocycles. The summed E-state index contributed by atoms with van der Waals surface area (Å²) in [5, 5.41) is 5.62. The van der Waals surface area contributed by atoms with Gasteiger partial charge in [-0.15, -0.1) is 0 Å². The van der Waals surface area contributed by atoms with Gasteiger partial charge < -0.3 is 15.4 Å². The highest BCUT2D eigenvalue weighted by atomic mass is 16.5. The average Bonchev–Trinajstić information content (AvgIpc) is 2.43. The maximum absolute atomic E-state index is 11.8. The first kappa shape index (κ1) is 17.0. The highest BCUT2D eigenvalue weighted by Crippen LogP contribution is 2.23. The van der Waals surface area contributed by atoms with Crippen LogP contribution >= 0.6 is 0 Å². The van der Waals surface area contributed by atoms with E-state index in [0.29, 0.717) is 30.8 Å². The predicted octanol–water partition coefficient (Wildman–Crippen LogP) is 2.58. The molecule has 5 nitrogen and oxygen atoms in total. The SMILES string of the molecule is COc1ccccc1NC(=O)CCCNC(=O)C(C)(C)C. The fraction of sp³-hybridized carbons (Fsp3) is 0.500. The number of para-hydroxylation sites is 2. The lowest BCUT2D eigenvalue weighted by atomic mass is 9.96. The van der Waals surface area contributed by atoms with Gasteiger partial charge in [0.2, 0.25) is 11.8 Å². The molecule has 0 heterocycles. The van der Waals surface area contributed by atoms with E-state index < -0.39 is 5.41 Å². The maximum atomic E-state index is 11.8. The molecule has 0 aliphatic rings. The predicted molar refractivity (Wildman–Crippen MR) is 83.3 cm³/mol. The topological polar surface area (TPSA) is 67.4 Å². The molecule has 0 atom stereocenters. The van der Waals surface area contributed by atoms with Crippen molar-refractivity contribution in [3.05, 3.63) is 24.3 Å². The van der Waals surface area contributed by atoms with Crippen molar-refractivity contribution in [2.24, 2.45) is 5.41 Å². The number of methoxy groups -OCH3 is 1. The van der Waals surface area contributed by atoms with Crippen molar-refractivity contribution in [3.63, 3.8) is 0 Å². The van der Waals surface area contributed by atoms with Crippen LogP contribution in [0.15, 0.2) is 24.3 Å². The van der Waals surface area contributed by atoms with Gasteiger partial charge in [-0.05, 0) is 18.6 Å². The number of rotatable bonds is 6. The lowest BCUT2D eigenvalue weighted by Gasteiger charge is -2.17. The van der Waals surface area contributed by atoms with E-state index in [1.54, 1.807) is 19.2 Å². The minimum absolute atomic E-state index is 0.00682. The van der Waals surface area contributed by atoms with Crippen molar-refractivity contribution in [1.82, 2.24) is 5.32 Å². The zero-order chi connectivity index (χ0) is 15.9. The van der Waals surface area contributed by atoms with Crippen LogP contribution in [0.3, 0.4) is 0 Å². The number of ether oxygens (including phenoxy) is 1. The van der Waals surface area contributed by atoms with E-state index in [2.05, 4.69) is 10.6 Å². The van der Waals surface area contributed by atoms with Crippen LogP contribution < -0.4 is 15.4 Å². The standard InChI is InChI=1S/C16H24N2O3/c1-16(2,3)15(20)17-11-7-10-14(19)18-12-8-5-6-9-13(12)21-4/h5-6,8-9H,7,10-11H2,1-4H3,(H,17,20)(H,18,19). The fourth-order valence-corrected chi connectivity index (χ4v) is 1.68. The Bertz CT molecular complexity index is 493. The second kappa shape index (κ2) is 7.67. The van der Waals surface area contributed by atoms with E-state index in [-0.39, 0.29) is 11.8 Å². The van der Waals surface area contributed by atoms with Gasteiger partial charge in [0.05, 0.1) is 12.8 Å². The van der Waals surface area contributed by atoms with E-state index in [4.69, 9.17) is 4.74 Å². The Balaban J connectivity index is 2.34. The molecule has 116 valence electrons. The molecule has 5 heteroatoms. The zero-order valence-electron chi connectivity index (χ0n) is 13.2. The largest absolute Gasteiger partial charge is 0.495 e. The summed E-state index contributed by atoms with van der Waals surface area (Å²) in [4.78, 5) is 23.5. The molecule has 0 saturated heterocycles. The van der Waals surface area contributed by atoms with Crippen LogP contribution in [-0.2, 0) is 9.59 Å². The number of benzene rings is 1. The number of anilines is 1. The molecule has 1 rings (SSSR count). The normalized spacial score (nSPS) is 10.9.